The van der Waals surface area contributed by atoms with Crippen LogP contribution in [0.15, 0.2) is 16.8 Å². The van der Waals surface area contributed by atoms with Gasteiger partial charge in [-0.1, -0.05) is 19.8 Å². The standard InChI is InChI=1S/C16H23NO4S2/c1-3-4-5-14(17-16(20)8-21-12(2)18)15(19)11-23-10-13-6-7-22-9-13/h6-7,9,14H,3-5,8,10-11H2,1-2H3,(H,17,20). The minimum absolute atomic E-state index is 0.00912. The van der Waals surface area contributed by atoms with E-state index in [1.807, 2.05) is 18.4 Å². The zero-order valence-electron chi connectivity index (χ0n) is 13.5. The predicted molar refractivity (Wildman–Crippen MR) is 93.6 cm³/mol. The molecule has 0 aliphatic carbocycles. The van der Waals surface area contributed by atoms with Gasteiger partial charge in [-0.25, -0.2) is 0 Å². The maximum atomic E-state index is 12.3. The van der Waals surface area contributed by atoms with Crippen molar-refractivity contribution in [3.8, 4) is 0 Å². The molecule has 1 N–H and O–H groups in total. The van der Waals surface area contributed by atoms with Crippen LogP contribution in [0.2, 0.25) is 0 Å². The average Bonchev–Trinajstić information content (AvgIpc) is 3.02. The summed E-state index contributed by atoms with van der Waals surface area (Å²) in [6.45, 7) is 2.94. The van der Waals surface area contributed by atoms with Gasteiger partial charge in [-0.2, -0.15) is 11.3 Å². The predicted octanol–water partition coefficient (Wildman–Crippen LogP) is 2.79. The summed E-state index contributed by atoms with van der Waals surface area (Å²) in [5.41, 5.74) is 1.21. The highest BCUT2D eigenvalue weighted by atomic mass is 32.2. The Hall–Kier alpha value is -1.34. The van der Waals surface area contributed by atoms with Crippen LogP contribution in [0, 0.1) is 0 Å². The van der Waals surface area contributed by atoms with Gasteiger partial charge in [0, 0.05) is 12.7 Å². The molecule has 23 heavy (non-hydrogen) atoms. The number of carbonyl (C=O) groups excluding carboxylic acids is 3. The van der Waals surface area contributed by atoms with Crippen molar-refractivity contribution < 1.29 is 19.1 Å². The summed E-state index contributed by atoms with van der Waals surface area (Å²) >= 11 is 3.18. The maximum absolute atomic E-state index is 12.3. The Morgan fingerprint density at radius 1 is 1.39 bits per heavy atom. The summed E-state index contributed by atoms with van der Waals surface area (Å²) in [5, 5.41) is 6.75. The fourth-order valence-electron chi connectivity index (χ4n) is 1.87. The summed E-state index contributed by atoms with van der Waals surface area (Å²) in [4.78, 5) is 34.8. The molecule has 128 valence electrons. The molecule has 1 unspecified atom stereocenters. The molecule has 1 aromatic rings. The number of esters is 1. The Morgan fingerprint density at radius 2 is 2.17 bits per heavy atom. The van der Waals surface area contributed by atoms with Crippen LogP contribution in [0.3, 0.4) is 0 Å². The lowest BCUT2D eigenvalue weighted by atomic mass is 10.1. The number of carbonyl (C=O) groups is 3. The van der Waals surface area contributed by atoms with Crippen LogP contribution in [-0.2, 0) is 24.9 Å². The van der Waals surface area contributed by atoms with Crippen molar-refractivity contribution in [2.24, 2.45) is 0 Å². The number of Topliss-reactive ketones (excluding diaryl/α,β-unsaturated/α-hetero) is 1. The lowest BCUT2D eigenvalue weighted by Crippen LogP contribution is -2.43. The van der Waals surface area contributed by atoms with Gasteiger partial charge in [0.25, 0.3) is 5.91 Å². The first-order chi connectivity index (χ1) is 11.0. The van der Waals surface area contributed by atoms with Gasteiger partial charge in [-0.05, 0) is 28.8 Å². The first-order valence-corrected chi connectivity index (χ1v) is 9.67. The molecule has 5 nitrogen and oxygen atoms in total. The molecule has 1 heterocycles. The van der Waals surface area contributed by atoms with E-state index in [2.05, 4.69) is 15.4 Å². The van der Waals surface area contributed by atoms with Gasteiger partial charge in [0.2, 0.25) is 0 Å². The SMILES string of the molecule is CCCCC(NC(=O)COC(C)=O)C(=O)CSCc1ccsc1. The Balaban J connectivity index is 2.42. The topological polar surface area (TPSA) is 72.5 Å². The fraction of sp³-hybridized carbons (Fsp3) is 0.562. The van der Waals surface area contributed by atoms with Gasteiger partial charge in [-0.3, -0.25) is 14.4 Å². The summed E-state index contributed by atoms with van der Waals surface area (Å²) in [6, 6.07) is 1.53. The second kappa shape index (κ2) is 11.2. The minimum atomic E-state index is -0.511. The second-order valence-corrected chi connectivity index (χ2v) is 6.90. The molecule has 1 amide bonds. The van der Waals surface area contributed by atoms with Crippen LogP contribution in [0.4, 0.5) is 0 Å². The first-order valence-electron chi connectivity index (χ1n) is 7.57. The second-order valence-electron chi connectivity index (χ2n) is 5.13. The molecule has 0 saturated carbocycles. The highest BCUT2D eigenvalue weighted by Crippen LogP contribution is 2.16. The third-order valence-electron chi connectivity index (χ3n) is 3.07. The molecule has 1 rings (SSSR count). The Bertz CT molecular complexity index is 502. The molecule has 0 radical (unpaired) electrons. The van der Waals surface area contributed by atoms with E-state index >= 15 is 0 Å². The van der Waals surface area contributed by atoms with Gasteiger partial charge >= 0.3 is 5.97 Å². The van der Waals surface area contributed by atoms with Crippen molar-refractivity contribution in [3.63, 3.8) is 0 Å². The number of rotatable bonds is 11. The van der Waals surface area contributed by atoms with Crippen LogP contribution >= 0.6 is 23.1 Å². The van der Waals surface area contributed by atoms with Crippen molar-refractivity contribution in [3.05, 3.63) is 22.4 Å². The monoisotopic (exact) mass is 357 g/mol. The highest BCUT2D eigenvalue weighted by Gasteiger charge is 2.20. The van der Waals surface area contributed by atoms with Crippen LogP contribution < -0.4 is 5.32 Å². The Labute approximate surface area is 145 Å². The van der Waals surface area contributed by atoms with E-state index < -0.39 is 17.9 Å². The number of thioether (sulfide) groups is 1. The van der Waals surface area contributed by atoms with Gasteiger partial charge in [0.15, 0.2) is 12.4 Å². The number of nitrogens with one attached hydrogen (secondary N) is 1. The van der Waals surface area contributed by atoms with Gasteiger partial charge in [-0.15, -0.1) is 11.8 Å². The molecule has 1 aromatic heterocycles. The van der Waals surface area contributed by atoms with Crippen molar-refractivity contribution in [1.82, 2.24) is 5.32 Å². The van der Waals surface area contributed by atoms with Gasteiger partial charge in [0.1, 0.15) is 0 Å². The molecule has 0 aromatic carbocycles. The molecular weight excluding hydrogens is 334 g/mol. The van der Waals surface area contributed by atoms with Crippen molar-refractivity contribution in [1.29, 1.82) is 0 Å². The largest absolute Gasteiger partial charge is 0.456 e. The first kappa shape index (κ1) is 19.7. The van der Waals surface area contributed by atoms with Crippen molar-refractivity contribution in [2.45, 2.75) is 44.9 Å². The van der Waals surface area contributed by atoms with E-state index in [9.17, 15) is 14.4 Å². The fourth-order valence-corrected chi connectivity index (χ4v) is 3.56. The number of unbranched alkanes of at least 4 members (excludes halogenated alkanes) is 1. The Morgan fingerprint density at radius 3 is 2.78 bits per heavy atom. The number of hydrogen-bond donors (Lipinski definition) is 1. The minimum Gasteiger partial charge on any atom is -0.456 e. The molecule has 7 heteroatoms. The van der Waals surface area contributed by atoms with Crippen molar-refractivity contribution in [2.75, 3.05) is 12.4 Å². The molecule has 0 aliphatic heterocycles. The molecule has 0 bridgehead atoms. The van der Waals surface area contributed by atoms with Gasteiger partial charge in [0.05, 0.1) is 11.8 Å². The van der Waals surface area contributed by atoms with E-state index in [1.165, 1.54) is 12.5 Å². The lowest BCUT2D eigenvalue weighted by molar-refractivity contribution is -0.146. The third kappa shape index (κ3) is 8.76. The number of ether oxygens (including phenoxy) is 1. The zero-order valence-corrected chi connectivity index (χ0v) is 15.1. The summed E-state index contributed by atoms with van der Waals surface area (Å²) in [5.74, 6) is 0.213. The third-order valence-corrected chi connectivity index (χ3v) is 4.83. The summed E-state index contributed by atoms with van der Waals surface area (Å²) in [7, 11) is 0. The number of thiophene rings is 1. The Kier molecular flexibility index (Phi) is 9.63. The highest BCUT2D eigenvalue weighted by molar-refractivity contribution is 7.99. The van der Waals surface area contributed by atoms with E-state index in [-0.39, 0.29) is 12.4 Å². The summed E-state index contributed by atoms with van der Waals surface area (Å²) < 4.78 is 4.65. The van der Waals surface area contributed by atoms with Crippen LogP contribution in [-0.4, -0.2) is 36.1 Å². The number of amides is 1. The maximum Gasteiger partial charge on any atom is 0.303 e. The average molecular weight is 357 g/mol. The normalized spacial score (nSPS) is 11.7. The molecule has 0 spiro atoms. The molecule has 0 fully saturated rings. The molecule has 0 aliphatic rings. The van der Waals surface area contributed by atoms with Gasteiger partial charge < -0.3 is 10.1 Å². The van der Waals surface area contributed by atoms with Crippen molar-refractivity contribution >= 4 is 40.8 Å². The molecular formula is C16H23NO4S2. The van der Waals surface area contributed by atoms with Crippen LogP contribution in [0.1, 0.15) is 38.7 Å². The van der Waals surface area contributed by atoms with Crippen LogP contribution in [0.5, 0.6) is 0 Å². The van der Waals surface area contributed by atoms with E-state index in [1.54, 1.807) is 23.1 Å². The number of ketones is 1. The molecule has 1 atom stereocenters. The molecule has 0 saturated heterocycles. The lowest BCUT2D eigenvalue weighted by Gasteiger charge is -2.17. The summed E-state index contributed by atoms with van der Waals surface area (Å²) in [6.07, 6.45) is 2.42. The van der Waals surface area contributed by atoms with E-state index in [4.69, 9.17) is 0 Å². The van der Waals surface area contributed by atoms with Crippen LogP contribution in [0.25, 0.3) is 0 Å². The number of hydrogen-bond acceptors (Lipinski definition) is 6. The zero-order chi connectivity index (χ0) is 17.1. The smallest absolute Gasteiger partial charge is 0.303 e. The van der Waals surface area contributed by atoms with E-state index in [0.717, 1.165) is 18.6 Å². The van der Waals surface area contributed by atoms with E-state index in [0.29, 0.717) is 12.2 Å². The quantitative estimate of drug-likeness (QED) is 0.617.